The molecular weight excluding hydrogens is 370 g/mol. The minimum absolute atomic E-state index is 0.0399. The number of aromatic nitrogens is 2. The fourth-order valence-corrected chi connectivity index (χ4v) is 4.48. The van der Waals surface area contributed by atoms with E-state index >= 15 is 0 Å². The lowest BCUT2D eigenvalue weighted by atomic mass is 10.3. The van der Waals surface area contributed by atoms with E-state index in [9.17, 15) is 18.5 Å². The molecule has 1 aromatic carbocycles. The number of nitro groups is 1. The normalized spacial score (nSPS) is 16.0. The van der Waals surface area contributed by atoms with E-state index in [-0.39, 0.29) is 28.7 Å². The van der Waals surface area contributed by atoms with Crippen molar-refractivity contribution in [2.45, 2.75) is 4.90 Å². The van der Waals surface area contributed by atoms with Crippen LogP contribution in [0.2, 0.25) is 5.02 Å². The summed E-state index contributed by atoms with van der Waals surface area (Å²) in [5, 5.41) is 18.7. The van der Waals surface area contributed by atoms with Crippen LogP contribution in [-0.4, -0.2) is 54.0 Å². The fraction of sp³-hybridized carbons (Fsp3) is 0.286. The van der Waals surface area contributed by atoms with Crippen LogP contribution in [-0.2, 0) is 10.0 Å². The van der Waals surface area contributed by atoms with Crippen molar-refractivity contribution in [3.63, 3.8) is 0 Å². The van der Waals surface area contributed by atoms with Crippen molar-refractivity contribution in [3.05, 3.63) is 51.7 Å². The number of rotatable bonds is 4. The van der Waals surface area contributed by atoms with Crippen LogP contribution in [0.4, 0.5) is 11.5 Å². The Morgan fingerprint density at radius 3 is 2.48 bits per heavy atom. The second-order valence-corrected chi connectivity index (χ2v) is 7.66. The third kappa shape index (κ3) is 3.55. The van der Waals surface area contributed by atoms with Crippen LogP contribution in [0.1, 0.15) is 0 Å². The maximum atomic E-state index is 12.8. The largest absolute Gasteiger partial charge is 0.352 e. The highest BCUT2D eigenvalue weighted by Gasteiger charge is 2.31. The van der Waals surface area contributed by atoms with Gasteiger partial charge in [-0.25, -0.2) is 8.42 Å². The smallest absolute Gasteiger partial charge is 0.270 e. The molecule has 0 N–H and O–H groups in total. The average Bonchev–Trinajstić information content (AvgIpc) is 2.62. The van der Waals surface area contributed by atoms with Crippen molar-refractivity contribution in [1.82, 2.24) is 14.5 Å². The first-order valence-electron chi connectivity index (χ1n) is 7.36. The van der Waals surface area contributed by atoms with Gasteiger partial charge in [0, 0.05) is 44.5 Å². The maximum absolute atomic E-state index is 12.8. The second kappa shape index (κ2) is 6.90. The van der Waals surface area contributed by atoms with E-state index in [4.69, 9.17) is 11.6 Å². The van der Waals surface area contributed by atoms with Gasteiger partial charge in [-0.3, -0.25) is 10.1 Å². The van der Waals surface area contributed by atoms with Gasteiger partial charge in [-0.05, 0) is 18.2 Å². The third-order valence-corrected chi connectivity index (χ3v) is 6.24. The zero-order chi connectivity index (χ0) is 18.0. The Bertz CT molecular complexity index is 885. The molecule has 9 nitrogen and oxygen atoms in total. The predicted molar refractivity (Wildman–Crippen MR) is 91.1 cm³/mol. The lowest BCUT2D eigenvalue weighted by Gasteiger charge is -2.34. The summed E-state index contributed by atoms with van der Waals surface area (Å²) in [5.74, 6) is 0.674. The SMILES string of the molecule is O=[N+]([O-])c1ccc(Cl)c(S(=O)(=O)N2CCN(c3cccnn3)CC2)c1. The highest BCUT2D eigenvalue weighted by Crippen LogP contribution is 2.29. The zero-order valence-electron chi connectivity index (χ0n) is 12.9. The van der Waals surface area contributed by atoms with Gasteiger partial charge in [0.05, 0.1) is 9.95 Å². The Balaban J connectivity index is 1.81. The van der Waals surface area contributed by atoms with E-state index in [0.29, 0.717) is 18.9 Å². The Hall–Kier alpha value is -2.30. The van der Waals surface area contributed by atoms with E-state index in [1.165, 1.54) is 16.4 Å². The molecule has 25 heavy (non-hydrogen) atoms. The summed E-state index contributed by atoms with van der Waals surface area (Å²) in [5.41, 5.74) is -0.318. The molecule has 2 aromatic rings. The summed E-state index contributed by atoms with van der Waals surface area (Å²) in [6, 6.07) is 6.95. The molecule has 1 aliphatic rings. The van der Waals surface area contributed by atoms with E-state index in [1.54, 1.807) is 18.3 Å². The number of anilines is 1. The number of halogens is 1. The van der Waals surface area contributed by atoms with Crippen molar-refractivity contribution >= 4 is 33.1 Å². The van der Waals surface area contributed by atoms with E-state index < -0.39 is 14.9 Å². The van der Waals surface area contributed by atoms with Crippen LogP contribution in [0, 0.1) is 10.1 Å². The molecule has 0 bridgehead atoms. The first-order valence-corrected chi connectivity index (χ1v) is 9.18. The van der Waals surface area contributed by atoms with Crippen molar-refractivity contribution < 1.29 is 13.3 Å². The van der Waals surface area contributed by atoms with Crippen LogP contribution >= 0.6 is 11.6 Å². The van der Waals surface area contributed by atoms with Gasteiger partial charge in [-0.15, -0.1) is 5.10 Å². The molecule has 1 fully saturated rings. The van der Waals surface area contributed by atoms with Gasteiger partial charge in [0.15, 0.2) is 5.82 Å². The lowest BCUT2D eigenvalue weighted by molar-refractivity contribution is -0.385. The molecule has 1 aromatic heterocycles. The molecule has 1 aliphatic heterocycles. The molecule has 0 amide bonds. The van der Waals surface area contributed by atoms with E-state index in [1.807, 2.05) is 4.90 Å². The number of non-ortho nitro benzene ring substituents is 1. The number of sulfonamides is 1. The number of hydrogen-bond acceptors (Lipinski definition) is 7. The highest BCUT2D eigenvalue weighted by molar-refractivity contribution is 7.89. The second-order valence-electron chi connectivity index (χ2n) is 5.34. The van der Waals surface area contributed by atoms with E-state index in [2.05, 4.69) is 10.2 Å². The van der Waals surface area contributed by atoms with Crippen molar-refractivity contribution in [1.29, 1.82) is 0 Å². The first kappa shape index (κ1) is 17.5. The average molecular weight is 384 g/mol. The summed E-state index contributed by atoms with van der Waals surface area (Å²) in [6.45, 7) is 1.31. The molecule has 1 saturated heterocycles. The van der Waals surface area contributed by atoms with Gasteiger partial charge >= 0.3 is 0 Å². The Morgan fingerprint density at radius 2 is 1.88 bits per heavy atom. The summed E-state index contributed by atoms with van der Waals surface area (Å²) >= 11 is 5.97. The van der Waals surface area contributed by atoms with Gasteiger partial charge in [0.1, 0.15) is 4.90 Å². The Kier molecular flexibility index (Phi) is 4.84. The molecule has 0 radical (unpaired) electrons. The van der Waals surface area contributed by atoms with Crippen LogP contribution < -0.4 is 4.90 Å². The quantitative estimate of drug-likeness (QED) is 0.581. The van der Waals surface area contributed by atoms with Crippen LogP contribution in [0.15, 0.2) is 41.4 Å². The van der Waals surface area contributed by atoms with Crippen molar-refractivity contribution in [2.75, 3.05) is 31.1 Å². The monoisotopic (exact) mass is 383 g/mol. The van der Waals surface area contributed by atoms with Crippen LogP contribution in [0.25, 0.3) is 0 Å². The molecule has 3 rings (SSSR count). The standard InChI is InChI=1S/C14H14ClN5O4S/c15-12-4-3-11(20(21)22)10-13(12)25(23,24)19-8-6-18(7-9-19)14-2-1-5-16-17-14/h1-5,10H,6-9H2. The highest BCUT2D eigenvalue weighted by atomic mass is 35.5. The topological polar surface area (TPSA) is 110 Å². The van der Waals surface area contributed by atoms with Crippen molar-refractivity contribution in [2.24, 2.45) is 0 Å². The minimum atomic E-state index is -3.92. The molecule has 0 atom stereocenters. The zero-order valence-corrected chi connectivity index (χ0v) is 14.5. The van der Waals surface area contributed by atoms with E-state index in [0.717, 1.165) is 6.07 Å². The molecule has 0 unspecified atom stereocenters. The minimum Gasteiger partial charge on any atom is -0.352 e. The van der Waals surface area contributed by atoms with Crippen molar-refractivity contribution in [3.8, 4) is 0 Å². The molecule has 0 spiro atoms. The molecule has 132 valence electrons. The summed E-state index contributed by atoms with van der Waals surface area (Å²) in [6.07, 6.45) is 1.56. The van der Waals surface area contributed by atoms with Crippen LogP contribution in [0.3, 0.4) is 0 Å². The number of piperazine rings is 1. The maximum Gasteiger partial charge on any atom is 0.270 e. The number of nitro benzene ring substituents is 1. The van der Waals surface area contributed by atoms with Gasteiger partial charge in [-0.1, -0.05) is 11.6 Å². The molecule has 2 heterocycles. The van der Waals surface area contributed by atoms with Crippen LogP contribution in [0.5, 0.6) is 0 Å². The summed E-state index contributed by atoms with van der Waals surface area (Å²) in [7, 11) is -3.92. The molecule has 0 aliphatic carbocycles. The number of benzene rings is 1. The Labute approximate surface area is 149 Å². The lowest BCUT2D eigenvalue weighted by Crippen LogP contribution is -2.49. The number of nitrogens with zero attached hydrogens (tertiary/aromatic N) is 5. The van der Waals surface area contributed by atoms with Gasteiger partial charge in [0.2, 0.25) is 10.0 Å². The first-order chi connectivity index (χ1) is 11.9. The number of hydrogen-bond donors (Lipinski definition) is 0. The van der Waals surface area contributed by atoms with Gasteiger partial charge in [0.25, 0.3) is 5.69 Å². The summed E-state index contributed by atoms with van der Waals surface area (Å²) < 4.78 is 26.9. The van der Waals surface area contributed by atoms with Gasteiger partial charge in [-0.2, -0.15) is 9.40 Å². The predicted octanol–water partition coefficient (Wildman–Crippen LogP) is 1.55. The fourth-order valence-electron chi connectivity index (χ4n) is 2.56. The molecule has 11 heteroatoms. The third-order valence-electron chi connectivity index (χ3n) is 3.86. The summed E-state index contributed by atoms with van der Waals surface area (Å²) in [4.78, 5) is 11.9. The Morgan fingerprint density at radius 1 is 1.16 bits per heavy atom. The molecular formula is C14H14ClN5O4S. The van der Waals surface area contributed by atoms with Gasteiger partial charge < -0.3 is 4.90 Å². The molecule has 0 saturated carbocycles.